The van der Waals surface area contributed by atoms with Crippen LogP contribution in [0.4, 0.5) is 14.5 Å². The van der Waals surface area contributed by atoms with Gasteiger partial charge in [0, 0.05) is 12.6 Å². The Balaban J connectivity index is 3.02. The number of methoxy groups -OCH3 is 1. The first-order valence-electron chi connectivity index (χ1n) is 5.56. The van der Waals surface area contributed by atoms with Crippen LogP contribution in [-0.4, -0.2) is 19.6 Å². The summed E-state index contributed by atoms with van der Waals surface area (Å²) in [5.41, 5.74) is -0.256. The highest BCUT2D eigenvalue weighted by Gasteiger charge is 2.17. The van der Waals surface area contributed by atoms with Gasteiger partial charge in [-0.3, -0.25) is 0 Å². The van der Waals surface area contributed by atoms with Crippen molar-refractivity contribution in [3.05, 3.63) is 29.3 Å². The quantitative estimate of drug-likeness (QED) is 0.845. The van der Waals surface area contributed by atoms with Crippen LogP contribution in [0.1, 0.15) is 31.1 Å². The van der Waals surface area contributed by atoms with E-state index in [9.17, 15) is 13.6 Å². The van der Waals surface area contributed by atoms with Gasteiger partial charge in [0.2, 0.25) is 0 Å². The summed E-state index contributed by atoms with van der Waals surface area (Å²) in [5.74, 6) is -2.49. The minimum atomic E-state index is -0.930. The van der Waals surface area contributed by atoms with Gasteiger partial charge in [0.25, 0.3) is 0 Å². The molecule has 0 aliphatic heterocycles. The number of nitrogens with one attached hydrogen (secondary N) is 1. The van der Waals surface area contributed by atoms with Crippen LogP contribution in [0.25, 0.3) is 0 Å². The molecule has 0 saturated carbocycles. The molecule has 18 heavy (non-hydrogen) atoms. The lowest BCUT2D eigenvalue weighted by Gasteiger charge is -2.20. The van der Waals surface area contributed by atoms with Crippen LogP contribution in [-0.2, 0) is 4.74 Å². The van der Waals surface area contributed by atoms with Gasteiger partial charge in [0.05, 0.1) is 18.4 Å². The maximum Gasteiger partial charge on any atom is 0.340 e. The Hall–Kier alpha value is -1.65. The number of carbonyl (C=O) groups is 1. The molecule has 0 aliphatic carbocycles. The second-order valence-electron chi connectivity index (χ2n) is 5.22. The van der Waals surface area contributed by atoms with E-state index in [0.717, 1.165) is 13.2 Å². The Kier molecular flexibility index (Phi) is 4.27. The zero-order valence-electron chi connectivity index (χ0n) is 10.9. The van der Waals surface area contributed by atoms with Crippen molar-refractivity contribution in [2.45, 2.75) is 20.8 Å². The van der Waals surface area contributed by atoms with E-state index in [4.69, 9.17) is 0 Å². The molecule has 0 spiro atoms. The molecule has 0 aromatic heterocycles. The summed E-state index contributed by atoms with van der Waals surface area (Å²) < 4.78 is 31.3. The highest BCUT2D eigenvalue weighted by molar-refractivity contribution is 5.90. The molecule has 0 bridgehead atoms. The molecule has 1 N–H and O–H groups in total. The number of esters is 1. The summed E-state index contributed by atoms with van der Waals surface area (Å²) in [7, 11) is 1.15. The molecule has 3 nitrogen and oxygen atoms in total. The van der Waals surface area contributed by atoms with Gasteiger partial charge in [-0.15, -0.1) is 0 Å². The van der Waals surface area contributed by atoms with Gasteiger partial charge >= 0.3 is 5.97 Å². The van der Waals surface area contributed by atoms with E-state index in [-0.39, 0.29) is 16.7 Å². The minimum absolute atomic E-state index is 0.0632. The van der Waals surface area contributed by atoms with Crippen LogP contribution in [0, 0.1) is 17.0 Å². The Labute approximate surface area is 105 Å². The molecule has 0 heterocycles. The summed E-state index contributed by atoms with van der Waals surface area (Å²) in [5, 5.41) is 2.85. The SMILES string of the molecule is COC(=O)c1cc(NCC(C)(C)C)c(F)cc1F. The zero-order chi connectivity index (χ0) is 13.9. The second kappa shape index (κ2) is 5.33. The second-order valence-corrected chi connectivity index (χ2v) is 5.22. The highest BCUT2D eigenvalue weighted by Crippen LogP contribution is 2.22. The largest absolute Gasteiger partial charge is 0.465 e. The van der Waals surface area contributed by atoms with Crippen molar-refractivity contribution in [1.82, 2.24) is 0 Å². The number of ether oxygens (including phenoxy) is 1. The van der Waals surface area contributed by atoms with Crippen LogP contribution < -0.4 is 5.32 Å². The normalized spacial score (nSPS) is 11.2. The van der Waals surface area contributed by atoms with Gasteiger partial charge in [-0.05, 0) is 11.5 Å². The Morgan fingerprint density at radius 1 is 1.28 bits per heavy atom. The predicted octanol–water partition coefficient (Wildman–Crippen LogP) is 3.21. The average Bonchev–Trinajstić information content (AvgIpc) is 2.25. The third kappa shape index (κ3) is 3.68. The van der Waals surface area contributed by atoms with E-state index in [2.05, 4.69) is 10.1 Å². The number of halogens is 2. The van der Waals surface area contributed by atoms with E-state index in [1.54, 1.807) is 0 Å². The number of hydrogen-bond acceptors (Lipinski definition) is 3. The van der Waals surface area contributed by atoms with Crippen molar-refractivity contribution in [2.24, 2.45) is 5.41 Å². The number of hydrogen-bond donors (Lipinski definition) is 1. The van der Waals surface area contributed by atoms with Gasteiger partial charge in [-0.1, -0.05) is 20.8 Å². The minimum Gasteiger partial charge on any atom is -0.465 e. The van der Waals surface area contributed by atoms with Crippen molar-refractivity contribution in [1.29, 1.82) is 0 Å². The van der Waals surface area contributed by atoms with E-state index >= 15 is 0 Å². The molecular formula is C13H17F2NO2. The molecule has 100 valence electrons. The summed E-state index contributed by atoms with van der Waals surface area (Å²) in [6.45, 7) is 6.42. The highest BCUT2D eigenvalue weighted by atomic mass is 19.1. The molecule has 0 radical (unpaired) electrons. The molecular weight excluding hydrogens is 240 g/mol. The Morgan fingerprint density at radius 3 is 2.39 bits per heavy atom. The molecule has 0 fully saturated rings. The van der Waals surface area contributed by atoms with Crippen LogP contribution >= 0.6 is 0 Å². The molecule has 0 unspecified atom stereocenters. The molecule has 0 atom stereocenters. The lowest BCUT2D eigenvalue weighted by atomic mass is 9.97. The first-order chi connectivity index (χ1) is 8.24. The monoisotopic (exact) mass is 257 g/mol. The first kappa shape index (κ1) is 14.4. The summed E-state index contributed by atoms with van der Waals surface area (Å²) >= 11 is 0. The Morgan fingerprint density at radius 2 is 1.89 bits per heavy atom. The third-order valence-corrected chi connectivity index (χ3v) is 2.27. The lowest BCUT2D eigenvalue weighted by Crippen LogP contribution is -2.20. The van der Waals surface area contributed by atoms with Gasteiger partial charge in [0.15, 0.2) is 0 Å². The molecule has 0 amide bonds. The van der Waals surface area contributed by atoms with Gasteiger partial charge in [0.1, 0.15) is 11.6 Å². The number of carbonyl (C=O) groups excluding carboxylic acids is 1. The average molecular weight is 257 g/mol. The Bertz CT molecular complexity index is 453. The number of benzene rings is 1. The molecule has 5 heteroatoms. The van der Waals surface area contributed by atoms with E-state index in [0.29, 0.717) is 12.6 Å². The first-order valence-corrected chi connectivity index (χ1v) is 5.56. The summed E-state index contributed by atoms with van der Waals surface area (Å²) in [6, 6.07) is 1.81. The smallest absolute Gasteiger partial charge is 0.340 e. The van der Waals surface area contributed by atoms with Crippen LogP contribution in [0.5, 0.6) is 0 Å². The van der Waals surface area contributed by atoms with Crippen LogP contribution in [0.3, 0.4) is 0 Å². The maximum atomic E-state index is 13.5. The lowest BCUT2D eigenvalue weighted by molar-refractivity contribution is 0.0595. The van der Waals surface area contributed by atoms with E-state index < -0.39 is 17.6 Å². The van der Waals surface area contributed by atoms with Gasteiger partial charge in [-0.25, -0.2) is 13.6 Å². The van der Waals surface area contributed by atoms with Gasteiger partial charge in [-0.2, -0.15) is 0 Å². The fourth-order valence-electron chi connectivity index (χ4n) is 1.31. The van der Waals surface area contributed by atoms with Crippen molar-refractivity contribution in [3.63, 3.8) is 0 Å². The molecule has 1 aromatic carbocycles. The zero-order valence-corrected chi connectivity index (χ0v) is 10.9. The van der Waals surface area contributed by atoms with Crippen molar-refractivity contribution in [2.75, 3.05) is 19.0 Å². The van der Waals surface area contributed by atoms with Crippen molar-refractivity contribution >= 4 is 11.7 Å². The molecule has 1 aromatic rings. The standard InChI is InChI=1S/C13H17F2NO2/c1-13(2,3)7-16-11-5-8(12(17)18-4)9(14)6-10(11)15/h5-6,16H,7H2,1-4H3. The molecule has 1 rings (SSSR count). The van der Waals surface area contributed by atoms with Crippen LogP contribution in [0.15, 0.2) is 12.1 Å². The maximum absolute atomic E-state index is 13.5. The summed E-state index contributed by atoms with van der Waals surface area (Å²) in [6.07, 6.45) is 0. The summed E-state index contributed by atoms with van der Waals surface area (Å²) in [4.78, 5) is 11.3. The topological polar surface area (TPSA) is 38.3 Å². The molecule has 0 aliphatic rings. The molecule has 0 saturated heterocycles. The fourth-order valence-corrected chi connectivity index (χ4v) is 1.31. The number of rotatable bonds is 3. The fraction of sp³-hybridized carbons (Fsp3) is 0.462. The van der Waals surface area contributed by atoms with Gasteiger partial charge < -0.3 is 10.1 Å². The van der Waals surface area contributed by atoms with Crippen molar-refractivity contribution < 1.29 is 18.3 Å². The number of anilines is 1. The third-order valence-electron chi connectivity index (χ3n) is 2.27. The van der Waals surface area contributed by atoms with E-state index in [1.165, 1.54) is 0 Å². The predicted molar refractivity (Wildman–Crippen MR) is 65.6 cm³/mol. The van der Waals surface area contributed by atoms with Crippen LogP contribution in [0.2, 0.25) is 0 Å². The van der Waals surface area contributed by atoms with E-state index in [1.807, 2.05) is 20.8 Å². The van der Waals surface area contributed by atoms with Crippen molar-refractivity contribution in [3.8, 4) is 0 Å².